The van der Waals surface area contributed by atoms with Crippen LogP contribution >= 0.6 is 0 Å². The molecule has 0 radical (unpaired) electrons. The summed E-state index contributed by atoms with van der Waals surface area (Å²) in [6.07, 6.45) is 1.71. The highest BCUT2D eigenvalue weighted by atomic mass is 16.5. The van der Waals surface area contributed by atoms with Gasteiger partial charge < -0.3 is 14.8 Å². The highest BCUT2D eigenvalue weighted by Gasteiger charge is 2.12. The smallest absolute Gasteiger partial charge is 0.220 e. The molecule has 0 heterocycles. The molecular weight excluding hydrogens is 302 g/mol. The van der Waals surface area contributed by atoms with E-state index in [0.717, 1.165) is 12.0 Å². The van der Waals surface area contributed by atoms with Gasteiger partial charge in [-0.2, -0.15) is 0 Å². The van der Waals surface area contributed by atoms with Crippen LogP contribution in [0.4, 0.5) is 0 Å². The van der Waals surface area contributed by atoms with E-state index in [1.165, 1.54) is 11.1 Å². The van der Waals surface area contributed by atoms with Crippen molar-refractivity contribution in [3.05, 3.63) is 34.9 Å². The lowest BCUT2D eigenvalue weighted by Crippen LogP contribution is -2.23. The summed E-state index contributed by atoms with van der Waals surface area (Å²) in [6.45, 7) is 13.4. The Labute approximate surface area is 146 Å². The fourth-order valence-electron chi connectivity index (χ4n) is 2.56. The molecule has 4 nitrogen and oxygen atoms in total. The van der Waals surface area contributed by atoms with Gasteiger partial charge in [0.1, 0.15) is 0 Å². The van der Waals surface area contributed by atoms with Crippen molar-refractivity contribution in [1.82, 2.24) is 5.32 Å². The molecule has 1 aromatic carbocycles. The minimum atomic E-state index is 0.0498. The first kappa shape index (κ1) is 20.7. The topological polar surface area (TPSA) is 47.6 Å². The fourth-order valence-corrected chi connectivity index (χ4v) is 2.56. The second-order valence-electron chi connectivity index (χ2n) is 6.82. The van der Waals surface area contributed by atoms with Crippen LogP contribution < -0.4 is 5.32 Å². The maximum absolute atomic E-state index is 11.9. The summed E-state index contributed by atoms with van der Waals surface area (Å²) in [5, 5.41) is 2.98. The molecule has 0 fully saturated rings. The Morgan fingerprint density at radius 3 is 2.46 bits per heavy atom. The summed E-state index contributed by atoms with van der Waals surface area (Å²) in [5.74, 6) is 0.0657. The van der Waals surface area contributed by atoms with Crippen molar-refractivity contribution in [2.24, 2.45) is 0 Å². The zero-order valence-corrected chi connectivity index (χ0v) is 16.0. The van der Waals surface area contributed by atoms with Gasteiger partial charge in [-0.1, -0.05) is 18.2 Å². The van der Waals surface area contributed by atoms with Crippen LogP contribution in [0.1, 0.15) is 70.3 Å². The number of carbonyl (C=O) groups is 1. The average Bonchev–Trinajstić information content (AvgIpc) is 2.49. The van der Waals surface area contributed by atoms with Crippen molar-refractivity contribution < 1.29 is 14.3 Å². The number of nitrogens with one attached hydrogen (secondary N) is 1. The van der Waals surface area contributed by atoms with E-state index in [9.17, 15) is 4.79 Å². The van der Waals surface area contributed by atoms with Gasteiger partial charge >= 0.3 is 0 Å². The molecule has 0 saturated heterocycles. The van der Waals surface area contributed by atoms with Gasteiger partial charge in [0.05, 0.1) is 18.3 Å². The van der Waals surface area contributed by atoms with Gasteiger partial charge in [0, 0.05) is 19.6 Å². The van der Waals surface area contributed by atoms with Gasteiger partial charge in [0.25, 0.3) is 0 Å². The molecule has 1 N–H and O–H groups in total. The molecule has 1 unspecified atom stereocenters. The maximum Gasteiger partial charge on any atom is 0.220 e. The Morgan fingerprint density at radius 2 is 1.83 bits per heavy atom. The second kappa shape index (κ2) is 10.5. The van der Waals surface area contributed by atoms with E-state index < -0.39 is 0 Å². The van der Waals surface area contributed by atoms with Crippen molar-refractivity contribution in [3.8, 4) is 0 Å². The monoisotopic (exact) mass is 335 g/mol. The van der Waals surface area contributed by atoms with Crippen LogP contribution in [0.2, 0.25) is 0 Å². The Hall–Kier alpha value is -1.39. The van der Waals surface area contributed by atoms with Crippen LogP contribution in [-0.2, 0) is 20.8 Å². The van der Waals surface area contributed by atoms with Gasteiger partial charge in [-0.25, -0.2) is 0 Å². The summed E-state index contributed by atoms with van der Waals surface area (Å²) in [7, 11) is 0. The predicted molar refractivity (Wildman–Crippen MR) is 98.0 cm³/mol. The molecule has 24 heavy (non-hydrogen) atoms. The number of amides is 1. The minimum Gasteiger partial charge on any atom is -0.379 e. The molecule has 1 aromatic rings. The van der Waals surface area contributed by atoms with Gasteiger partial charge in [0.15, 0.2) is 0 Å². The quantitative estimate of drug-likeness (QED) is 0.648. The molecule has 0 aliphatic heterocycles. The van der Waals surface area contributed by atoms with Gasteiger partial charge in [-0.3, -0.25) is 4.79 Å². The highest BCUT2D eigenvalue weighted by Crippen LogP contribution is 2.23. The number of ether oxygens (including phenoxy) is 2. The Balaban J connectivity index is 2.49. The Bertz CT molecular complexity index is 512. The number of aryl methyl sites for hydroxylation is 1. The van der Waals surface area contributed by atoms with Crippen molar-refractivity contribution in [1.29, 1.82) is 0 Å². The summed E-state index contributed by atoms with van der Waals surface area (Å²) < 4.78 is 11.3. The van der Waals surface area contributed by atoms with Gasteiger partial charge in [-0.05, 0) is 64.7 Å². The number of carbonyl (C=O) groups excluding carboxylic acids is 1. The van der Waals surface area contributed by atoms with Crippen LogP contribution in [0.5, 0.6) is 0 Å². The molecule has 0 bridgehead atoms. The van der Waals surface area contributed by atoms with E-state index in [4.69, 9.17) is 9.47 Å². The lowest BCUT2D eigenvalue weighted by atomic mass is 10.0. The molecule has 1 atom stereocenters. The van der Waals surface area contributed by atoms with E-state index in [-0.39, 0.29) is 24.2 Å². The number of hydrogen-bond donors (Lipinski definition) is 1. The fraction of sp³-hybridized carbons (Fsp3) is 0.650. The maximum atomic E-state index is 11.9. The van der Waals surface area contributed by atoms with Crippen LogP contribution in [0.15, 0.2) is 18.2 Å². The third-order valence-electron chi connectivity index (χ3n) is 3.75. The number of hydrogen-bond acceptors (Lipinski definition) is 3. The lowest BCUT2D eigenvalue weighted by molar-refractivity contribution is -0.121. The largest absolute Gasteiger partial charge is 0.379 e. The predicted octanol–water partition coefficient (Wildman–Crippen LogP) is 4.30. The standard InChI is InChI=1S/C20H33NO3/c1-14(2)23-11-7-8-20(22)21-13-18-10-9-16(5)19(12-18)17(6)24-15(3)4/h9-10,12,14-15,17H,7-8,11,13H2,1-6H3,(H,21,22). The summed E-state index contributed by atoms with van der Waals surface area (Å²) in [5.41, 5.74) is 3.49. The molecule has 0 saturated carbocycles. The van der Waals surface area contributed by atoms with Crippen molar-refractivity contribution in [2.45, 2.75) is 79.2 Å². The average molecular weight is 335 g/mol. The molecule has 1 rings (SSSR count). The highest BCUT2D eigenvalue weighted by molar-refractivity contribution is 5.75. The van der Waals surface area contributed by atoms with Crippen molar-refractivity contribution >= 4 is 5.91 Å². The van der Waals surface area contributed by atoms with Crippen LogP contribution in [0.3, 0.4) is 0 Å². The minimum absolute atomic E-state index is 0.0498. The molecule has 0 aliphatic rings. The first-order chi connectivity index (χ1) is 11.3. The van der Waals surface area contributed by atoms with Crippen LogP contribution in [-0.4, -0.2) is 24.7 Å². The van der Waals surface area contributed by atoms with Crippen molar-refractivity contribution in [2.75, 3.05) is 6.61 Å². The number of benzene rings is 1. The lowest BCUT2D eigenvalue weighted by Gasteiger charge is -2.19. The van der Waals surface area contributed by atoms with E-state index in [0.29, 0.717) is 19.6 Å². The normalized spacial score (nSPS) is 12.7. The summed E-state index contributed by atoms with van der Waals surface area (Å²) >= 11 is 0. The number of rotatable bonds is 10. The summed E-state index contributed by atoms with van der Waals surface area (Å²) in [4.78, 5) is 11.9. The third kappa shape index (κ3) is 7.93. The molecule has 0 spiro atoms. The molecule has 0 aliphatic carbocycles. The van der Waals surface area contributed by atoms with Gasteiger partial charge in [-0.15, -0.1) is 0 Å². The van der Waals surface area contributed by atoms with Crippen molar-refractivity contribution in [3.63, 3.8) is 0 Å². The van der Waals surface area contributed by atoms with Crippen LogP contribution in [0, 0.1) is 6.92 Å². The van der Waals surface area contributed by atoms with Gasteiger partial charge in [0.2, 0.25) is 5.91 Å². The molecule has 1 amide bonds. The van der Waals surface area contributed by atoms with E-state index >= 15 is 0 Å². The van der Waals surface area contributed by atoms with E-state index in [1.54, 1.807) is 0 Å². The first-order valence-electron chi connectivity index (χ1n) is 8.92. The zero-order valence-electron chi connectivity index (χ0n) is 16.0. The Morgan fingerprint density at radius 1 is 1.12 bits per heavy atom. The Kier molecular flexibility index (Phi) is 9.01. The SMILES string of the molecule is Cc1ccc(CNC(=O)CCCOC(C)C)cc1C(C)OC(C)C. The second-order valence-corrected chi connectivity index (χ2v) is 6.82. The van der Waals surface area contributed by atoms with Crippen LogP contribution in [0.25, 0.3) is 0 Å². The molecule has 0 aromatic heterocycles. The molecule has 4 heteroatoms. The van der Waals surface area contributed by atoms with E-state index in [2.05, 4.69) is 37.4 Å². The zero-order chi connectivity index (χ0) is 18.1. The molecule has 136 valence electrons. The van der Waals surface area contributed by atoms with E-state index in [1.807, 2.05) is 27.7 Å². The third-order valence-corrected chi connectivity index (χ3v) is 3.75. The first-order valence-corrected chi connectivity index (χ1v) is 8.92. The molecular formula is C20H33NO3. The summed E-state index contributed by atoms with van der Waals surface area (Å²) in [6, 6.07) is 6.28.